The molecule has 0 bridgehead atoms. The van der Waals surface area contributed by atoms with Crippen LogP contribution in [0.15, 0.2) is 0 Å². The molecule has 0 aliphatic rings. The van der Waals surface area contributed by atoms with Crippen molar-refractivity contribution >= 4 is 5.97 Å². The van der Waals surface area contributed by atoms with Crippen molar-refractivity contribution in [1.82, 2.24) is 0 Å². The van der Waals surface area contributed by atoms with E-state index in [4.69, 9.17) is 19.7 Å². The van der Waals surface area contributed by atoms with E-state index < -0.39 is 0 Å². The van der Waals surface area contributed by atoms with Crippen LogP contribution in [0.3, 0.4) is 0 Å². The third kappa shape index (κ3) is 45.2. The smallest absolute Gasteiger partial charge is 0.302 e. The van der Waals surface area contributed by atoms with Gasteiger partial charge in [-0.2, -0.15) is 0 Å². The highest BCUT2D eigenvalue weighted by Crippen LogP contribution is 2.10. The lowest BCUT2D eigenvalue weighted by atomic mass is 10.1. The monoisotopic (exact) mass is 364 g/mol. The number of carbonyl (C=O) groups is 1. The van der Waals surface area contributed by atoms with Crippen LogP contribution in [-0.2, 0) is 14.3 Å². The topological polar surface area (TPSA) is 76.0 Å². The summed E-state index contributed by atoms with van der Waals surface area (Å²) in [6.45, 7) is 9.74. The molecular weight excluding hydrogens is 320 g/mol. The van der Waals surface area contributed by atoms with Gasteiger partial charge < -0.3 is 19.7 Å². The van der Waals surface area contributed by atoms with E-state index in [1.807, 2.05) is 13.8 Å². The lowest BCUT2D eigenvalue weighted by Gasteiger charge is -2.02. The van der Waals surface area contributed by atoms with Gasteiger partial charge in [0.2, 0.25) is 0 Å². The molecule has 5 nitrogen and oxygen atoms in total. The summed E-state index contributed by atoms with van der Waals surface area (Å²) in [5.41, 5.74) is 0. The second-order valence-corrected chi connectivity index (χ2v) is 5.75. The molecule has 0 aliphatic carbocycles. The normalized spacial score (nSPS) is 9.52. The molecule has 25 heavy (non-hydrogen) atoms. The Bertz CT molecular complexity index is 218. The van der Waals surface area contributed by atoms with Gasteiger partial charge >= 0.3 is 5.97 Å². The molecule has 0 spiro atoms. The largest absolute Gasteiger partial charge is 0.466 e. The van der Waals surface area contributed by atoms with E-state index >= 15 is 0 Å². The number of hydrogen-bond acceptors (Lipinski definition) is 5. The standard InChI is InChI=1S/C14H28O2.C4H10O.C2H6O2/c1-3-4-5-6-7-8-9-10-11-12-13-16-14(2)15;1-3-5-4-2;3-1-2-4/h3-13H2,1-2H3;3-4H2,1-2H3;3-4H,1-2H2. The molecule has 0 fully saturated rings. The number of aliphatic hydroxyl groups is 2. The fourth-order valence-electron chi connectivity index (χ4n) is 2.01. The first-order chi connectivity index (χ1) is 12.1. The quantitative estimate of drug-likeness (QED) is 0.351. The summed E-state index contributed by atoms with van der Waals surface area (Å²) < 4.78 is 9.71. The van der Waals surface area contributed by atoms with Crippen LogP contribution >= 0.6 is 0 Å². The number of unbranched alkanes of at least 4 members (excludes halogenated alkanes) is 9. The van der Waals surface area contributed by atoms with Crippen LogP contribution in [0.5, 0.6) is 0 Å². The molecule has 5 heteroatoms. The maximum absolute atomic E-state index is 10.5. The van der Waals surface area contributed by atoms with E-state index in [2.05, 4.69) is 6.92 Å². The molecule has 0 radical (unpaired) electrons. The van der Waals surface area contributed by atoms with Gasteiger partial charge in [0.15, 0.2) is 0 Å². The molecule has 0 aromatic rings. The minimum Gasteiger partial charge on any atom is -0.466 e. The number of esters is 1. The Morgan fingerprint density at radius 3 is 1.40 bits per heavy atom. The van der Waals surface area contributed by atoms with Gasteiger partial charge in [0.05, 0.1) is 19.8 Å². The Hall–Kier alpha value is -0.650. The Morgan fingerprint density at radius 1 is 0.720 bits per heavy atom. The average Bonchev–Trinajstić information content (AvgIpc) is 2.61. The van der Waals surface area contributed by atoms with Gasteiger partial charge in [0.25, 0.3) is 0 Å². The number of carbonyl (C=O) groups excluding carboxylic acids is 1. The van der Waals surface area contributed by atoms with Crippen LogP contribution in [-0.4, -0.2) is 49.2 Å². The summed E-state index contributed by atoms with van der Waals surface area (Å²) in [6.07, 6.45) is 13.1. The summed E-state index contributed by atoms with van der Waals surface area (Å²) in [5, 5.41) is 15.2. The molecule has 0 atom stereocenters. The second-order valence-electron chi connectivity index (χ2n) is 5.75. The van der Waals surface area contributed by atoms with Gasteiger partial charge in [-0.25, -0.2) is 0 Å². The molecule has 0 rings (SSSR count). The summed E-state index contributed by atoms with van der Waals surface area (Å²) in [7, 11) is 0. The van der Waals surface area contributed by atoms with Crippen molar-refractivity contribution in [3.05, 3.63) is 0 Å². The first kappa shape index (κ1) is 29.1. The van der Waals surface area contributed by atoms with E-state index in [9.17, 15) is 4.79 Å². The Kier molecular flexibility index (Phi) is 36.3. The van der Waals surface area contributed by atoms with Crippen LogP contribution in [0.2, 0.25) is 0 Å². The molecule has 0 saturated carbocycles. The summed E-state index contributed by atoms with van der Waals surface area (Å²) in [5.74, 6) is -0.157. The zero-order chi connectivity index (χ0) is 19.6. The Balaban J connectivity index is -0.000000442. The SMILES string of the molecule is CCCCCCCCCCCCOC(C)=O.CCOCC.OCCO. The summed E-state index contributed by atoms with van der Waals surface area (Å²) >= 11 is 0. The minimum absolute atomic E-state index is 0.125. The van der Waals surface area contributed by atoms with Crippen molar-refractivity contribution in [1.29, 1.82) is 0 Å². The van der Waals surface area contributed by atoms with Gasteiger partial charge in [-0.05, 0) is 20.3 Å². The van der Waals surface area contributed by atoms with Crippen LogP contribution < -0.4 is 0 Å². The van der Waals surface area contributed by atoms with E-state index in [0.29, 0.717) is 6.61 Å². The molecule has 154 valence electrons. The molecular formula is C20H44O5. The zero-order valence-corrected chi connectivity index (χ0v) is 17.2. The third-order valence-electron chi connectivity index (χ3n) is 3.31. The van der Waals surface area contributed by atoms with Gasteiger partial charge in [-0.15, -0.1) is 0 Å². The molecule has 0 amide bonds. The fraction of sp³-hybridized carbons (Fsp3) is 0.950. The van der Waals surface area contributed by atoms with Gasteiger partial charge in [0.1, 0.15) is 0 Å². The van der Waals surface area contributed by atoms with Crippen LogP contribution in [0.25, 0.3) is 0 Å². The molecule has 0 heterocycles. The number of ether oxygens (including phenoxy) is 2. The molecule has 0 unspecified atom stereocenters. The Morgan fingerprint density at radius 2 is 1.12 bits per heavy atom. The summed E-state index contributed by atoms with van der Waals surface area (Å²) in [6, 6.07) is 0. The van der Waals surface area contributed by atoms with Gasteiger partial charge in [-0.3, -0.25) is 4.79 Å². The molecule has 2 N–H and O–H groups in total. The van der Waals surface area contributed by atoms with Crippen molar-refractivity contribution in [2.75, 3.05) is 33.0 Å². The predicted molar refractivity (Wildman–Crippen MR) is 105 cm³/mol. The van der Waals surface area contributed by atoms with Crippen LogP contribution in [0, 0.1) is 0 Å². The third-order valence-corrected chi connectivity index (χ3v) is 3.31. The molecule has 0 aliphatic heterocycles. The van der Waals surface area contributed by atoms with Crippen molar-refractivity contribution in [3.63, 3.8) is 0 Å². The maximum atomic E-state index is 10.5. The van der Waals surface area contributed by atoms with E-state index in [1.54, 1.807) is 0 Å². The molecule has 0 aromatic carbocycles. The number of hydrogen-bond donors (Lipinski definition) is 2. The zero-order valence-electron chi connectivity index (χ0n) is 17.2. The van der Waals surface area contributed by atoms with Crippen molar-refractivity contribution in [2.45, 2.75) is 91.9 Å². The lowest BCUT2D eigenvalue weighted by Crippen LogP contribution is -2.00. The van der Waals surface area contributed by atoms with Crippen molar-refractivity contribution in [2.24, 2.45) is 0 Å². The minimum atomic E-state index is -0.157. The van der Waals surface area contributed by atoms with Crippen LogP contribution in [0.1, 0.15) is 91.9 Å². The predicted octanol–water partition coefficient (Wildman–Crippen LogP) is 4.48. The van der Waals surface area contributed by atoms with E-state index in [1.165, 1.54) is 64.7 Å². The van der Waals surface area contributed by atoms with E-state index in [0.717, 1.165) is 19.6 Å². The fourth-order valence-corrected chi connectivity index (χ4v) is 2.01. The van der Waals surface area contributed by atoms with Gasteiger partial charge in [-0.1, -0.05) is 64.7 Å². The first-order valence-corrected chi connectivity index (χ1v) is 10.0. The molecule has 0 saturated heterocycles. The average molecular weight is 365 g/mol. The maximum Gasteiger partial charge on any atom is 0.302 e. The van der Waals surface area contributed by atoms with E-state index in [-0.39, 0.29) is 19.2 Å². The highest BCUT2D eigenvalue weighted by molar-refractivity contribution is 5.65. The lowest BCUT2D eigenvalue weighted by molar-refractivity contribution is -0.141. The first-order valence-electron chi connectivity index (χ1n) is 10.0. The summed E-state index contributed by atoms with van der Waals surface area (Å²) in [4.78, 5) is 10.5. The second kappa shape index (κ2) is 31.2. The van der Waals surface area contributed by atoms with Crippen molar-refractivity contribution < 1.29 is 24.5 Å². The number of aliphatic hydroxyl groups excluding tert-OH is 2. The highest BCUT2D eigenvalue weighted by atomic mass is 16.5. The Labute approximate surface area is 156 Å². The highest BCUT2D eigenvalue weighted by Gasteiger charge is 1.94. The van der Waals surface area contributed by atoms with Crippen LogP contribution in [0.4, 0.5) is 0 Å². The molecule has 0 aromatic heterocycles. The number of rotatable bonds is 14. The van der Waals surface area contributed by atoms with Crippen molar-refractivity contribution in [3.8, 4) is 0 Å². The van der Waals surface area contributed by atoms with Gasteiger partial charge in [0, 0.05) is 20.1 Å².